The molecule has 0 fully saturated rings. The Kier molecular flexibility index (Phi) is 3.55. The van der Waals surface area contributed by atoms with Crippen LogP contribution in [0, 0.1) is 5.82 Å². The van der Waals surface area contributed by atoms with Crippen LogP contribution in [-0.4, -0.2) is 7.11 Å². The number of hydrogen-bond donors (Lipinski definition) is 0. The van der Waals surface area contributed by atoms with Gasteiger partial charge in [-0.1, -0.05) is 23.2 Å². The summed E-state index contributed by atoms with van der Waals surface area (Å²) in [6.07, 6.45) is 0. The maximum atomic E-state index is 13.4. The van der Waals surface area contributed by atoms with Crippen LogP contribution in [0.4, 0.5) is 4.39 Å². The predicted molar refractivity (Wildman–Crippen MR) is 68.4 cm³/mol. The smallest absolute Gasteiger partial charge is 0.127 e. The fourth-order valence-corrected chi connectivity index (χ4v) is 2.09. The number of benzene rings is 2. The molecule has 4 heteroatoms. The molecule has 0 saturated carbocycles. The van der Waals surface area contributed by atoms with E-state index in [0.717, 1.165) is 5.56 Å². The molecule has 0 bridgehead atoms. The van der Waals surface area contributed by atoms with Crippen molar-refractivity contribution in [2.75, 3.05) is 7.11 Å². The average molecular weight is 271 g/mol. The fourth-order valence-electron chi connectivity index (χ4n) is 1.57. The molecular weight excluding hydrogens is 262 g/mol. The van der Waals surface area contributed by atoms with Gasteiger partial charge in [0.15, 0.2) is 0 Å². The minimum atomic E-state index is -0.365. The number of rotatable bonds is 2. The molecule has 0 atom stereocenters. The molecule has 2 rings (SSSR count). The van der Waals surface area contributed by atoms with E-state index in [9.17, 15) is 4.39 Å². The number of ether oxygens (including phenoxy) is 1. The first-order valence-electron chi connectivity index (χ1n) is 4.89. The monoisotopic (exact) mass is 270 g/mol. The maximum absolute atomic E-state index is 13.4. The molecule has 0 aliphatic heterocycles. The van der Waals surface area contributed by atoms with Crippen molar-refractivity contribution >= 4 is 23.2 Å². The van der Waals surface area contributed by atoms with Gasteiger partial charge in [-0.15, -0.1) is 0 Å². The highest BCUT2D eigenvalue weighted by Gasteiger charge is 2.05. The van der Waals surface area contributed by atoms with E-state index in [1.54, 1.807) is 24.3 Å². The third-order valence-electron chi connectivity index (χ3n) is 2.30. The molecule has 0 aliphatic rings. The van der Waals surface area contributed by atoms with Gasteiger partial charge in [-0.3, -0.25) is 0 Å². The molecule has 0 saturated heterocycles. The highest BCUT2D eigenvalue weighted by molar-refractivity contribution is 6.35. The molecule has 0 aromatic heterocycles. The maximum Gasteiger partial charge on any atom is 0.127 e. The lowest BCUT2D eigenvalue weighted by atomic mass is 10.1. The van der Waals surface area contributed by atoms with Crippen LogP contribution in [0.15, 0.2) is 36.4 Å². The molecule has 17 heavy (non-hydrogen) atoms. The molecule has 2 aromatic carbocycles. The van der Waals surface area contributed by atoms with Gasteiger partial charge < -0.3 is 4.74 Å². The van der Waals surface area contributed by atoms with Gasteiger partial charge >= 0.3 is 0 Å². The Balaban J connectivity index is 2.55. The van der Waals surface area contributed by atoms with Crippen molar-refractivity contribution in [1.29, 1.82) is 0 Å². The van der Waals surface area contributed by atoms with Gasteiger partial charge in [0.05, 0.1) is 7.11 Å². The summed E-state index contributed by atoms with van der Waals surface area (Å²) in [5.41, 5.74) is 1.42. The Morgan fingerprint density at radius 2 is 1.47 bits per heavy atom. The quantitative estimate of drug-likeness (QED) is 0.761. The van der Waals surface area contributed by atoms with Crippen molar-refractivity contribution in [3.63, 3.8) is 0 Å². The minimum Gasteiger partial charge on any atom is -0.497 e. The number of methoxy groups -OCH3 is 1. The Bertz CT molecular complexity index is 535. The Hall–Kier alpha value is -1.25. The second-order valence-corrected chi connectivity index (χ2v) is 4.41. The Morgan fingerprint density at radius 3 is 2.06 bits per heavy atom. The second kappa shape index (κ2) is 4.94. The number of hydrogen-bond acceptors (Lipinski definition) is 1. The Labute approximate surface area is 109 Å². The van der Waals surface area contributed by atoms with Gasteiger partial charge in [0, 0.05) is 16.1 Å². The SMILES string of the molecule is COc1cc(F)cc(-c2cc(Cl)cc(Cl)c2)c1. The topological polar surface area (TPSA) is 9.23 Å². The Morgan fingerprint density at radius 1 is 0.882 bits per heavy atom. The van der Waals surface area contributed by atoms with Crippen molar-refractivity contribution in [2.45, 2.75) is 0 Å². The summed E-state index contributed by atoms with van der Waals surface area (Å²) in [5, 5.41) is 1.02. The highest BCUT2D eigenvalue weighted by Crippen LogP contribution is 2.30. The van der Waals surface area contributed by atoms with Crippen molar-refractivity contribution in [3.05, 3.63) is 52.3 Å². The highest BCUT2D eigenvalue weighted by atomic mass is 35.5. The van der Waals surface area contributed by atoms with E-state index in [2.05, 4.69) is 0 Å². The van der Waals surface area contributed by atoms with E-state index in [0.29, 0.717) is 21.4 Å². The summed E-state index contributed by atoms with van der Waals surface area (Å²) in [6.45, 7) is 0. The van der Waals surface area contributed by atoms with Gasteiger partial charge in [0.1, 0.15) is 11.6 Å². The summed E-state index contributed by atoms with van der Waals surface area (Å²) >= 11 is 11.8. The summed E-state index contributed by atoms with van der Waals surface area (Å²) in [5.74, 6) is 0.0894. The van der Waals surface area contributed by atoms with Crippen LogP contribution in [0.5, 0.6) is 5.75 Å². The van der Waals surface area contributed by atoms with Gasteiger partial charge in [-0.2, -0.15) is 0 Å². The average Bonchev–Trinajstić information content (AvgIpc) is 2.26. The van der Waals surface area contributed by atoms with Gasteiger partial charge in [-0.25, -0.2) is 4.39 Å². The lowest BCUT2D eigenvalue weighted by Crippen LogP contribution is -1.87. The normalized spacial score (nSPS) is 10.4. The zero-order valence-corrected chi connectivity index (χ0v) is 10.5. The van der Waals surface area contributed by atoms with Gasteiger partial charge in [0.2, 0.25) is 0 Å². The largest absolute Gasteiger partial charge is 0.497 e. The van der Waals surface area contributed by atoms with E-state index >= 15 is 0 Å². The molecule has 0 aliphatic carbocycles. The van der Waals surface area contributed by atoms with Crippen molar-refractivity contribution < 1.29 is 9.13 Å². The fraction of sp³-hybridized carbons (Fsp3) is 0.0769. The summed E-state index contributed by atoms with van der Waals surface area (Å²) in [6, 6.07) is 9.53. The van der Waals surface area contributed by atoms with Crippen LogP contribution < -0.4 is 4.74 Å². The van der Waals surface area contributed by atoms with Crippen LogP contribution in [0.3, 0.4) is 0 Å². The first-order chi connectivity index (χ1) is 8.08. The van der Waals surface area contributed by atoms with Crippen molar-refractivity contribution in [3.8, 4) is 16.9 Å². The van der Waals surface area contributed by atoms with E-state index in [1.165, 1.54) is 19.2 Å². The lowest BCUT2D eigenvalue weighted by Gasteiger charge is -2.06. The molecule has 0 spiro atoms. The van der Waals surface area contributed by atoms with Crippen LogP contribution in [0.25, 0.3) is 11.1 Å². The zero-order valence-electron chi connectivity index (χ0n) is 9.01. The second-order valence-electron chi connectivity index (χ2n) is 3.54. The molecule has 0 radical (unpaired) electrons. The first kappa shape index (κ1) is 12.2. The molecule has 0 unspecified atom stereocenters. The van der Waals surface area contributed by atoms with Crippen LogP contribution >= 0.6 is 23.2 Å². The molecule has 0 N–H and O–H groups in total. The van der Waals surface area contributed by atoms with Crippen LogP contribution in [-0.2, 0) is 0 Å². The standard InChI is InChI=1S/C13H9Cl2FO/c1-17-13-5-9(4-12(16)7-13)8-2-10(14)6-11(15)3-8/h2-7H,1H3. The van der Waals surface area contributed by atoms with Crippen molar-refractivity contribution in [2.24, 2.45) is 0 Å². The molecular formula is C13H9Cl2FO. The number of halogens is 3. The van der Waals surface area contributed by atoms with Gasteiger partial charge in [0.25, 0.3) is 0 Å². The van der Waals surface area contributed by atoms with Crippen LogP contribution in [0.1, 0.15) is 0 Å². The summed E-state index contributed by atoms with van der Waals surface area (Å²) in [7, 11) is 1.49. The van der Waals surface area contributed by atoms with E-state index in [-0.39, 0.29) is 5.82 Å². The third kappa shape index (κ3) is 2.90. The summed E-state index contributed by atoms with van der Waals surface area (Å²) in [4.78, 5) is 0. The van der Waals surface area contributed by atoms with Crippen LogP contribution in [0.2, 0.25) is 10.0 Å². The third-order valence-corrected chi connectivity index (χ3v) is 2.74. The minimum absolute atomic E-state index is 0.365. The van der Waals surface area contributed by atoms with E-state index < -0.39 is 0 Å². The van der Waals surface area contributed by atoms with Gasteiger partial charge in [-0.05, 0) is 41.5 Å². The molecule has 88 valence electrons. The molecule has 0 amide bonds. The summed E-state index contributed by atoms with van der Waals surface area (Å²) < 4.78 is 18.4. The first-order valence-corrected chi connectivity index (χ1v) is 5.65. The van der Waals surface area contributed by atoms with E-state index in [1.807, 2.05) is 0 Å². The molecule has 2 aromatic rings. The lowest BCUT2D eigenvalue weighted by molar-refractivity contribution is 0.411. The van der Waals surface area contributed by atoms with E-state index in [4.69, 9.17) is 27.9 Å². The molecule has 0 heterocycles. The van der Waals surface area contributed by atoms with Crippen molar-refractivity contribution in [1.82, 2.24) is 0 Å². The predicted octanol–water partition coefficient (Wildman–Crippen LogP) is 4.81. The molecule has 1 nitrogen and oxygen atoms in total. The zero-order chi connectivity index (χ0) is 12.4.